The van der Waals surface area contributed by atoms with E-state index in [4.69, 9.17) is 18.9 Å². The Balaban J connectivity index is 1.12. The van der Waals surface area contributed by atoms with E-state index in [2.05, 4.69) is 5.32 Å². The van der Waals surface area contributed by atoms with Crippen LogP contribution in [0, 0.1) is 0 Å². The Kier molecular flexibility index (Phi) is 12.1. The maximum absolute atomic E-state index is 12.8. The molecule has 0 saturated heterocycles. The zero-order valence-corrected chi connectivity index (χ0v) is 28.9. The molecule has 4 aromatic carbocycles. The van der Waals surface area contributed by atoms with E-state index in [0.717, 1.165) is 40.9 Å². The molecule has 3 amide bonds. The van der Waals surface area contributed by atoms with Crippen LogP contribution in [0.4, 0.5) is 4.79 Å². The number of para-hydroxylation sites is 1. The fraction of sp³-hybridized carbons (Fsp3) is 0.300. The van der Waals surface area contributed by atoms with Crippen molar-refractivity contribution in [1.29, 1.82) is 0 Å². The van der Waals surface area contributed by atoms with Crippen LogP contribution in [0.3, 0.4) is 0 Å². The normalized spacial score (nSPS) is 13.0. The number of carboxylic acid groups (broad SMARTS) is 1. The van der Waals surface area contributed by atoms with Crippen molar-refractivity contribution < 1.29 is 43.2 Å². The number of carbonyl (C=O) groups is 4. The minimum atomic E-state index is -1.19. The number of nitrogens with one attached hydrogen (secondary N) is 1. The number of carbonyl (C=O) groups excluding carboxylic acids is 3. The standard InChI is InChI=1S/C40H42N2O9/c1-27(26-42-36(43)31-22-21-28(38(45)46)25-32(31)37(42)44)41-39(47)50-23-12-4-5-13-24-51-40(29-15-8-6-9-16-29,30-17-10-7-11-18-30)33-19-14-20-34(48-2)35(33)49-3/h6-11,14-22,25,27H,4-5,12-13,23-24,26H2,1-3H3,(H,41,47)(H,45,46)/t27-/m0/s1. The number of benzene rings is 4. The third kappa shape index (κ3) is 8.05. The van der Waals surface area contributed by atoms with Gasteiger partial charge in [-0.05, 0) is 61.6 Å². The second-order valence-corrected chi connectivity index (χ2v) is 12.2. The first-order chi connectivity index (χ1) is 24.7. The highest BCUT2D eigenvalue weighted by Gasteiger charge is 2.41. The largest absolute Gasteiger partial charge is 0.493 e. The first-order valence-electron chi connectivity index (χ1n) is 16.8. The highest BCUT2D eigenvalue weighted by atomic mass is 16.5. The summed E-state index contributed by atoms with van der Waals surface area (Å²) in [4.78, 5) is 50.3. The number of alkyl carbamates (subject to hydrolysis) is 1. The van der Waals surface area contributed by atoms with Crippen molar-refractivity contribution in [2.75, 3.05) is 34.0 Å². The van der Waals surface area contributed by atoms with Crippen LogP contribution in [0.5, 0.6) is 11.5 Å². The van der Waals surface area contributed by atoms with E-state index < -0.39 is 35.5 Å². The Morgan fingerprint density at radius 2 is 1.39 bits per heavy atom. The van der Waals surface area contributed by atoms with Gasteiger partial charge in [0.05, 0.1) is 37.5 Å². The molecule has 1 aliphatic rings. The van der Waals surface area contributed by atoms with E-state index in [1.165, 1.54) is 18.2 Å². The molecule has 0 fully saturated rings. The number of amides is 3. The van der Waals surface area contributed by atoms with Gasteiger partial charge in [0.2, 0.25) is 0 Å². The van der Waals surface area contributed by atoms with Crippen LogP contribution in [0.15, 0.2) is 97.1 Å². The third-order valence-electron chi connectivity index (χ3n) is 8.77. The maximum atomic E-state index is 12.8. The van der Waals surface area contributed by atoms with E-state index in [1.807, 2.05) is 78.9 Å². The Morgan fingerprint density at radius 3 is 2.00 bits per heavy atom. The lowest BCUT2D eigenvalue weighted by atomic mass is 9.79. The fourth-order valence-electron chi connectivity index (χ4n) is 6.33. The molecule has 0 bridgehead atoms. The SMILES string of the molecule is COc1cccc(C(OCCCCCCOC(=O)N[C@@H](C)CN2C(=O)c3ccc(C(=O)O)cc3C2=O)(c2ccccc2)c2ccccc2)c1OC. The van der Waals surface area contributed by atoms with E-state index in [0.29, 0.717) is 24.5 Å². The molecule has 1 heterocycles. The molecule has 0 radical (unpaired) electrons. The zero-order valence-electron chi connectivity index (χ0n) is 28.9. The Hall–Kier alpha value is -5.68. The number of aromatic carboxylic acids is 1. The van der Waals surface area contributed by atoms with Gasteiger partial charge in [-0.3, -0.25) is 14.5 Å². The number of nitrogens with zero attached hydrogens (tertiary/aromatic N) is 1. The van der Waals surface area contributed by atoms with Crippen LogP contribution in [0.25, 0.3) is 0 Å². The number of rotatable bonds is 17. The lowest BCUT2D eigenvalue weighted by Gasteiger charge is -2.37. The molecule has 4 aromatic rings. The summed E-state index contributed by atoms with van der Waals surface area (Å²) in [7, 11) is 3.24. The van der Waals surface area contributed by atoms with Gasteiger partial charge in [0.25, 0.3) is 11.8 Å². The number of methoxy groups -OCH3 is 2. The predicted octanol–water partition coefficient (Wildman–Crippen LogP) is 6.68. The quantitative estimate of drug-likeness (QED) is 0.0704. The minimum absolute atomic E-state index is 0.0333. The van der Waals surface area contributed by atoms with Crippen LogP contribution in [-0.4, -0.2) is 73.9 Å². The van der Waals surface area contributed by atoms with Crippen LogP contribution in [0.1, 0.15) is 80.4 Å². The Bertz CT molecular complexity index is 1810. The predicted molar refractivity (Wildman–Crippen MR) is 189 cm³/mol. The molecule has 1 aliphatic heterocycles. The van der Waals surface area contributed by atoms with Gasteiger partial charge in [0.15, 0.2) is 11.5 Å². The van der Waals surface area contributed by atoms with Crippen molar-refractivity contribution in [2.24, 2.45) is 0 Å². The summed E-state index contributed by atoms with van der Waals surface area (Å²) in [5.41, 5.74) is 1.83. The number of imide groups is 1. The number of fused-ring (bicyclic) bond motifs is 1. The van der Waals surface area contributed by atoms with Crippen LogP contribution in [0.2, 0.25) is 0 Å². The lowest BCUT2D eigenvalue weighted by Crippen LogP contribution is -2.44. The third-order valence-corrected chi connectivity index (χ3v) is 8.77. The summed E-state index contributed by atoms with van der Waals surface area (Å²) >= 11 is 0. The van der Waals surface area contributed by atoms with Gasteiger partial charge >= 0.3 is 12.1 Å². The maximum Gasteiger partial charge on any atom is 0.407 e. The monoisotopic (exact) mass is 694 g/mol. The summed E-state index contributed by atoms with van der Waals surface area (Å²) in [6, 6.07) is 29.1. The van der Waals surface area contributed by atoms with Crippen LogP contribution >= 0.6 is 0 Å². The number of carboxylic acids is 1. The van der Waals surface area contributed by atoms with Gasteiger partial charge in [-0.25, -0.2) is 9.59 Å². The summed E-state index contributed by atoms with van der Waals surface area (Å²) in [6.07, 6.45) is 2.37. The van der Waals surface area contributed by atoms with Crippen molar-refractivity contribution in [3.63, 3.8) is 0 Å². The highest BCUT2D eigenvalue weighted by molar-refractivity contribution is 6.22. The smallest absolute Gasteiger partial charge is 0.407 e. The molecular formula is C40H42N2O9. The van der Waals surface area contributed by atoms with Crippen LogP contribution < -0.4 is 14.8 Å². The van der Waals surface area contributed by atoms with Gasteiger partial charge in [-0.1, -0.05) is 79.2 Å². The van der Waals surface area contributed by atoms with Crippen LogP contribution in [-0.2, 0) is 15.1 Å². The average molecular weight is 695 g/mol. The number of unbranched alkanes of at least 4 members (excludes halogenated alkanes) is 3. The minimum Gasteiger partial charge on any atom is -0.493 e. The molecular weight excluding hydrogens is 652 g/mol. The molecule has 0 spiro atoms. The number of hydrogen-bond acceptors (Lipinski definition) is 8. The molecule has 11 heteroatoms. The van der Waals surface area contributed by atoms with Crippen molar-refractivity contribution in [2.45, 2.75) is 44.2 Å². The first-order valence-corrected chi connectivity index (χ1v) is 16.8. The molecule has 0 aliphatic carbocycles. The number of ether oxygens (including phenoxy) is 4. The highest BCUT2D eigenvalue weighted by Crippen LogP contribution is 2.47. The van der Waals surface area contributed by atoms with Gasteiger partial charge in [-0.2, -0.15) is 0 Å². The summed E-state index contributed by atoms with van der Waals surface area (Å²) in [5, 5.41) is 11.9. The lowest BCUT2D eigenvalue weighted by molar-refractivity contribution is 0.00874. The second kappa shape index (κ2) is 16.8. The zero-order chi connectivity index (χ0) is 36.4. The van der Waals surface area contributed by atoms with Gasteiger partial charge in [0, 0.05) is 24.8 Å². The van der Waals surface area contributed by atoms with E-state index in [1.54, 1.807) is 21.1 Å². The molecule has 1 atom stereocenters. The molecule has 11 nitrogen and oxygen atoms in total. The van der Waals surface area contributed by atoms with Crippen molar-refractivity contribution in [1.82, 2.24) is 10.2 Å². The molecule has 0 unspecified atom stereocenters. The Morgan fingerprint density at radius 1 is 0.765 bits per heavy atom. The molecule has 2 N–H and O–H groups in total. The molecule has 266 valence electrons. The average Bonchev–Trinajstić information content (AvgIpc) is 3.38. The van der Waals surface area contributed by atoms with E-state index in [-0.39, 0.29) is 29.8 Å². The fourth-order valence-corrected chi connectivity index (χ4v) is 6.33. The molecule has 5 rings (SSSR count). The summed E-state index contributed by atoms with van der Waals surface area (Å²) in [5.74, 6) is -1.13. The Labute approximate surface area is 297 Å². The second-order valence-electron chi connectivity index (χ2n) is 12.2. The molecule has 0 aromatic heterocycles. The molecule has 51 heavy (non-hydrogen) atoms. The number of hydrogen-bond donors (Lipinski definition) is 2. The van der Waals surface area contributed by atoms with E-state index >= 15 is 0 Å². The summed E-state index contributed by atoms with van der Waals surface area (Å²) in [6.45, 7) is 2.21. The van der Waals surface area contributed by atoms with Gasteiger partial charge in [0.1, 0.15) is 5.60 Å². The molecule has 0 saturated carbocycles. The van der Waals surface area contributed by atoms with Crippen molar-refractivity contribution in [3.8, 4) is 11.5 Å². The van der Waals surface area contributed by atoms with Gasteiger partial charge in [-0.15, -0.1) is 0 Å². The van der Waals surface area contributed by atoms with Gasteiger partial charge < -0.3 is 29.4 Å². The topological polar surface area (TPSA) is 141 Å². The summed E-state index contributed by atoms with van der Waals surface area (Å²) < 4.78 is 23.8. The van der Waals surface area contributed by atoms with Crippen molar-refractivity contribution >= 4 is 23.9 Å². The van der Waals surface area contributed by atoms with E-state index in [9.17, 15) is 24.3 Å². The van der Waals surface area contributed by atoms with Crippen molar-refractivity contribution in [3.05, 3.63) is 130 Å². The first kappa shape index (κ1) is 36.6.